The minimum atomic E-state index is -0.646. The molecule has 0 saturated carbocycles. The van der Waals surface area contributed by atoms with Crippen LogP contribution in [0.15, 0.2) is 18.2 Å². The van der Waals surface area contributed by atoms with Crippen molar-refractivity contribution in [2.75, 3.05) is 12.3 Å². The molecule has 0 aromatic heterocycles. The largest absolute Gasteiger partial charge is 0.393 e. The van der Waals surface area contributed by atoms with Gasteiger partial charge in [0, 0.05) is 24.6 Å². The maximum Gasteiger partial charge on any atom is 0.292 e. The lowest BCUT2D eigenvalue weighted by molar-refractivity contribution is -0.383. The Morgan fingerprint density at radius 3 is 2.84 bits per heavy atom. The Balaban J connectivity index is 2.13. The van der Waals surface area contributed by atoms with Gasteiger partial charge in [-0.05, 0) is 12.1 Å². The molecule has 8 heteroatoms. The summed E-state index contributed by atoms with van der Waals surface area (Å²) in [7, 11) is 0. The molecule has 2 rings (SSSR count). The second kappa shape index (κ2) is 4.92. The lowest BCUT2D eigenvalue weighted by atomic mass is 10.1. The van der Waals surface area contributed by atoms with Crippen molar-refractivity contribution in [1.29, 1.82) is 0 Å². The maximum absolute atomic E-state index is 11.9. The van der Waals surface area contributed by atoms with Gasteiger partial charge in [-0.2, -0.15) is 0 Å². The first-order chi connectivity index (χ1) is 8.97. The fourth-order valence-corrected chi connectivity index (χ4v) is 1.82. The fourth-order valence-electron chi connectivity index (χ4n) is 1.82. The topological polar surface area (TPSA) is 127 Å². The van der Waals surface area contributed by atoms with Gasteiger partial charge in [0.2, 0.25) is 5.91 Å². The third-order valence-electron chi connectivity index (χ3n) is 2.80. The molecule has 1 unspecified atom stereocenters. The number of nitro benzene ring substituents is 1. The number of amides is 2. The molecule has 8 nitrogen and oxygen atoms in total. The Labute approximate surface area is 108 Å². The molecule has 0 bridgehead atoms. The van der Waals surface area contributed by atoms with Gasteiger partial charge < -0.3 is 16.4 Å². The molecule has 0 radical (unpaired) electrons. The van der Waals surface area contributed by atoms with Crippen molar-refractivity contribution in [1.82, 2.24) is 10.6 Å². The Bertz CT molecular complexity index is 558. The van der Waals surface area contributed by atoms with Crippen LogP contribution in [0.3, 0.4) is 0 Å². The van der Waals surface area contributed by atoms with Crippen LogP contribution < -0.4 is 16.4 Å². The summed E-state index contributed by atoms with van der Waals surface area (Å²) in [6.07, 6.45) is 0.211. The number of hydrogen-bond acceptors (Lipinski definition) is 5. The van der Waals surface area contributed by atoms with E-state index in [9.17, 15) is 19.7 Å². The monoisotopic (exact) mass is 264 g/mol. The molecule has 19 heavy (non-hydrogen) atoms. The van der Waals surface area contributed by atoms with Gasteiger partial charge in [0.15, 0.2) is 0 Å². The van der Waals surface area contributed by atoms with Crippen molar-refractivity contribution in [3.05, 3.63) is 33.9 Å². The highest BCUT2D eigenvalue weighted by atomic mass is 16.6. The molecule has 1 fully saturated rings. The summed E-state index contributed by atoms with van der Waals surface area (Å²) in [5.74, 6) is -0.599. The van der Waals surface area contributed by atoms with Gasteiger partial charge in [-0.1, -0.05) is 0 Å². The Hall–Kier alpha value is -2.64. The van der Waals surface area contributed by atoms with E-state index in [1.165, 1.54) is 12.1 Å². The molecule has 100 valence electrons. The van der Waals surface area contributed by atoms with Crippen LogP contribution in [-0.4, -0.2) is 29.3 Å². The molecular formula is C11H12N4O4. The zero-order chi connectivity index (χ0) is 14.0. The first-order valence-electron chi connectivity index (χ1n) is 5.59. The first kappa shape index (κ1) is 12.8. The second-order valence-corrected chi connectivity index (χ2v) is 4.21. The van der Waals surface area contributed by atoms with E-state index in [2.05, 4.69) is 10.6 Å². The molecule has 0 spiro atoms. The van der Waals surface area contributed by atoms with Crippen molar-refractivity contribution in [2.24, 2.45) is 0 Å². The summed E-state index contributed by atoms with van der Waals surface area (Å²) in [4.78, 5) is 32.9. The third kappa shape index (κ3) is 2.79. The molecule has 2 amide bonds. The lowest BCUT2D eigenvalue weighted by Crippen LogP contribution is -2.36. The summed E-state index contributed by atoms with van der Waals surface area (Å²) in [6, 6.07) is 3.54. The Morgan fingerprint density at radius 2 is 2.26 bits per heavy atom. The summed E-state index contributed by atoms with van der Waals surface area (Å²) in [6.45, 7) is 0.363. The summed E-state index contributed by atoms with van der Waals surface area (Å²) in [5, 5.41) is 15.9. The minimum Gasteiger partial charge on any atom is -0.393 e. The number of rotatable bonds is 3. The molecule has 1 aromatic rings. The molecule has 1 saturated heterocycles. The molecule has 1 aliphatic rings. The summed E-state index contributed by atoms with van der Waals surface area (Å²) >= 11 is 0. The highest BCUT2D eigenvalue weighted by Crippen LogP contribution is 2.22. The van der Waals surface area contributed by atoms with Crippen LogP contribution >= 0.6 is 0 Å². The van der Waals surface area contributed by atoms with Gasteiger partial charge in [-0.15, -0.1) is 0 Å². The van der Waals surface area contributed by atoms with E-state index in [-0.39, 0.29) is 35.3 Å². The normalized spacial score (nSPS) is 17.9. The SMILES string of the molecule is Nc1ccc(C(=O)NC2CNC(=O)C2)cc1[N+](=O)[O-]. The van der Waals surface area contributed by atoms with E-state index in [0.717, 1.165) is 6.07 Å². The van der Waals surface area contributed by atoms with Gasteiger partial charge in [0.05, 0.1) is 11.0 Å². The molecule has 0 aliphatic carbocycles. The number of carbonyl (C=O) groups excluding carboxylic acids is 2. The first-order valence-corrected chi connectivity index (χ1v) is 5.59. The molecule has 4 N–H and O–H groups in total. The van der Waals surface area contributed by atoms with Crippen LogP contribution in [-0.2, 0) is 4.79 Å². The number of hydrogen-bond donors (Lipinski definition) is 3. The number of nitrogens with one attached hydrogen (secondary N) is 2. The van der Waals surface area contributed by atoms with E-state index >= 15 is 0 Å². The Morgan fingerprint density at radius 1 is 1.53 bits per heavy atom. The van der Waals surface area contributed by atoms with Crippen molar-refractivity contribution in [2.45, 2.75) is 12.5 Å². The van der Waals surface area contributed by atoms with Gasteiger partial charge in [-0.3, -0.25) is 19.7 Å². The fraction of sp³-hybridized carbons (Fsp3) is 0.273. The summed E-state index contributed by atoms with van der Waals surface area (Å²) < 4.78 is 0. The van der Waals surface area contributed by atoms with Crippen molar-refractivity contribution in [3.8, 4) is 0 Å². The highest BCUT2D eigenvalue weighted by molar-refractivity contribution is 5.96. The smallest absolute Gasteiger partial charge is 0.292 e. The molecule has 1 atom stereocenters. The van der Waals surface area contributed by atoms with Crippen LogP contribution in [0.2, 0.25) is 0 Å². The van der Waals surface area contributed by atoms with Crippen LogP contribution in [0, 0.1) is 10.1 Å². The molecule has 1 heterocycles. The zero-order valence-electron chi connectivity index (χ0n) is 9.88. The van der Waals surface area contributed by atoms with Gasteiger partial charge in [0.25, 0.3) is 11.6 Å². The van der Waals surface area contributed by atoms with Crippen molar-refractivity contribution >= 4 is 23.2 Å². The van der Waals surface area contributed by atoms with E-state index in [1.54, 1.807) is 0 Å². The number of nitro groups is 1. The van der Waals surface area contributed by atoms with Crippen molar-refractivity contribution < 1.29 is 14.5 Å². The molecule has 1 aromatic carbocycles. The number of benzene rings is 1. The molecule has 1 aliphatic heterocycles. The zero-order valence-corrected chi connectivity index (χ0v) is 9.88. The van der Waals surface area contributed by atoms with E-state index in [0.29, 0.717) is 6.54 Å². The maximum atomic E-state index is 11.9. The lowest BCUT2D eigenvalue weighted by Gasteiger charge is -2.10. The number of nitrogens with zero attached hydrogens (tertiary/aromatic N) is 1. The van der Waals surface area contributed by atoms with E-state index < -0.39 is 10.8 Å². The van der Waals surface area contributed by atoms with Gasteiger partial charge >= 0.3 is 0 Å². The Kier molecular flexibility index (Phi) is 3.32. The van der Waals surface area contributed by atoms with Gasteiger partial charge in [-0.25, -0.2) is 0 Å². The van der Waals surface area contributed by atoms with Crippen LogP contribution in [0.4, 0.5) is 11.4 Å². The number of nitrogen functional groups attached to an aromatic ring is 1. The predicted molar refractivity (Wildman–Crippen MR) is 66.4 cm³/mol. The van der Waals surface area contributed by atoms with Crippen molar-refractivity contribution in [3.63, 3.8) is 0 Å². The average Bonchev–Trinajstić information content (AvgIpc) is 2.74. The second-order valence-electron chi connectivity index (χ2n) is 4.21. The molecular weight excluding hydrogens is 252 g/mol. The van der Waals surface area contributed by atoms with Gasteiger partial charge in [0.1, 0.15) is 5.69 Å². The third-order valence-corrected chi connectivity index (χ3v) is 2.80. The number of anilines is 1. The van der Waals surface area contributed by atoms with E-state index in [1.807, 2.05) is 0 Å². The van der Waals surface area contributed by atoms with Crippen LogP contribution in [0.1, 0.15) is 16.8 Å². The highest BCUT2D eigenvalue weighted by Gasteiger charge is 2.24. The number of nitrogens with two attached hydrogens (primary N) is 1. The summed E-state index contributed by atoms with van der Waals surface area (Å²) in [5.41, 5.74) is 5.27. The van der Waals surface area contributed by atoms with Crippen LogP contribution in [0.5, 0.6) is 0 Å². The average molecular weight is 264 g/mol. The number of carbonyl (C=O) groups is 2. The quantitative estimate of drug-likeness (QED) is 0.395. The standard InChI is InChI=1S/C11H12N4O4/c12-8-2-1-6(3-9(8)15(18)19)11(17)14-7-4-10(16)13-5-7/h1-3,7H,4-5,12H2,(H,13,16)(H,14,17). The predicted octanol–water partition coefficient (Wildman–Crippen LogP) is -0.205. The van der Waals surface area contributed by atoms with E-state index in [4.69, 9.17) is 5.73 Å². The minimum absolute atomic E-state index is 0.000684. The van der Waals surface area contributed by atoms with Crippen LogP contribution in [0.25, 0.3) is 0 Å².